The molecule has 1 N–H and O–H groups in total. The number of aryl methyl sites for hydroxylation is 2. The van der Waals surface area contributed by atoms with Crippen molar-refractivity contribution in [3.63, 3.8) is 0 Å². The van der Waals surface area contributed by atoms with Crippen LogP contribution >= 0.6 is 0 Å². The lowest BCUT2D eigenvalue weighted by molar-refractivity contribution is -0.120. The smallest absolute Gasteiger partial charge is 0.144 e. The van der Waals surface area contributed by atoms with Crippen molar-refractivity contribution in [2.45, 2.75) is 32.6 Å². The fourth-order valence-electron chi connectivity index (χ4n) is 3.04. The first-order valence-electron chi connectivity index (χ1n) is 7.57. The molecule has 1 aliphatic heterocycles. The zero-order valence-corrected chi connectivity index (χ0v) is 12.6. The Balaban J connectivity index is 1.81. The van der Waals surface area contributed by atoms with Crippen LogP contribution in [0.4, 0.5) is 5.69 Å². The van der Waals surface area contributed by atoms with Crippen molar-refractivity contribution in [1.82, 2.24) is 0 Å². The van der Waals surface area contributed by atoms with Gasteiger partial charge in [-0.1, -0.05) is 36.4 Å². The predicted octanol–water partition coefficient (Wildman–Crippen LogP) is 4.01. The molecule has 1 aliphatic rings. The lowest BCUT2D eigenvalue weighted by Gasteiger charge is -2.25. The average molecular weight is 279 g/mol. The second kappa shape index (κ2) is 5.72. The Kier molecular flexibility index (Phi) is 3.78. The third-order valence-corrected chi connectivity index (χ3v) is 4.42. The predicted molar refractivity (Wildman–Crippen MR) is 86.9 cm³/mol. The molecule has 0 aliphatic carbocycles. The van der Waals surface area contributed by atoms with Gasteiger partial charge in [0, 0.05) is 24.6 Å². The molecule has 2 aromatic carbocycles. The summed E-state index contributed by atoms with van der Waals surface area (Å²) in [6.07, 6.45) is 1.42. The Morgan fingerprint density at radius 2 is 1.95 bits per heavy atom. The van der Waals surface area contributed by atoms with Gasteiger partial charge in [0.25, 0.3) is 0 Å². The van der Waals surface area contributed by atoms with Crippen LogP contribution in [0.5, 0.6) is 0 Å². The largest absolute Gasteiger partial charge is 0.385 e. The summed E-state index contributed by atoms with van der Waals surface area (Å²) in [5, 5.41) is 3.38. The third-order valence-electron chi connectivity index (χ3n) is 4.42. The lowest BCUT2D eigenvalue weighted by Crippen LogP contribution is -2.24. The quantitative estimate of drug-likeness (QED) is 0.919. The van der Waals surface area contributed by atoms with E-state index >= 15 is 0 Å². The van der Waals surface area contributed by atoms with E-state index in [2.05, 4.69) is 49.5 Å². The van der Waals surface area contributed by atoms with E-state index in [-0.39, 0.29) is 5.92 Å². The summed E-state index contributed by atoms with van der Waals surface area (Å²) in [5.74, 6) is 0.358. The van der Waals surface area contributed by atoms with Gasteiger partial charge in [0.1, 0.15) is 5.78 Å². The molecule has 2 nitrogen and oxygen atoms in total. The molecule has 0 spiro atoms. The van der Waals surface area contributed by atoms with E-state index < -0.39 is 0 Å². The molecule has 0 bridgehead atoms. The first-order chi connectivity index (χ1) is 10.1. The maximum Gasteiger partial charge on any atom is 0.144 e. The Hall–Kier alpha value is -2.09. The maximum atomic E-state index is 12.7. The number of hydrogen-bond donors (Lipinski definition) is 1. The van der Waals surface area contributed by atoms with Crippen LogP contribution < -0.4 is 5.32 Å². The van der Waals surface area contributed by atoms with Gasteiger partial charge in [-0.3, -0.25) is 4.79 Å². The van der Waals surface area contributed by atoms with E-state index in [0.717, 1.165) is 29.8 Å². The van der Waals surface area contributed by atoms with E-state index in [1.165, 1.54) is 11.1 Å². The van der Waals surface area contributed by atoms with Crippen molar-refractivity contribution in [1.29, 1.82) is 0 Å². The maximum absolute atomic E-state index is 12.7. The summed E-state index contributed by atoms with van der Waals surface area (Å²) < 4.78 is 0. The average Bonchev–Trinajstić information content (AvgIpc) is 2.50. The summed E-state index contributed by atoms with van der Waals surface area (Å²) in [6, 6.07) is 14.5. The molecule has 3 rings (SSSR count). The summed E-state index contributed by atoms with van der Waals surface area (Å²) in [7, 11) is 0. The number of benzene rings is 2. The van der Waals surface area contributed by atoms with E-state index in [1.54, 1.807) is 0 Å². The molecule has 1 heterocycles. The van der Waals surface area contributed by atoms with Crippen LogP contribution in [0.25, 0.3) is 0 Å². The monoisotopic (exact) mass is 279 g/mol. The molecule has 2 heteroatoms. The number of hydrogen-bond acceptors (Lipinski definition) is 2. The van der Waals surface area contributed by atoms with E-state index in [0.29, 0.717) is 12.2 Å². The third kappa shape index (κ3) is 2.85. The number of carbonyl (C=O) groups is 1. The van der Waals surface area contributed by atoms with Crippen LogP contribution in [0.2, 0.25) is 0 Å². The van der Waals surface area contributed by atoms with Crippen molar-refractivity contribution in [2.75, 3.05) is 11.9 Å². The molecular formula is C19H21NO. The minimum absolute atomic E-state index is 0.0315. The number of para-hydroxylation sites is 1. The number of ketones is 1. The van der Waals surface area contributed by atoms with E-state index in [1.807, 2.05) is 12.1 Å². The molecule has 21 heavy (non-hydrogen) atoms. The Morgan fingerprint density at radius 1 is 1.14 bits per heavy atom. The van der Waals surface area contributed by atoms with Crippen LogP contribution in [0, 0.1) is 13.8 Å². The van der Waals surface area contributed by atoms with Crippen molar-refractivity contribution in [3.8, 4) is 0 Å². The molecule has 0 amide bonds. The number of anilines is 1. The molecule has 1 unspecified atom stereocenters. The van der Waals surface area contributed by atoms with Crippen LogP contribution in [-0.2, 0) is 11.2 Å². The number of Topliss-reactive ketones (excluding diaryl/α,β-unsaturated/α-hetero) is 1. The molecule has 0 saturated heterocycles. The fourth-order valence-corrected chi connectivity index (χ4v) is 3.04. The highest BCUT2D eigenvalue weighted by molar-refractivity contribution is 5.89. The molecule has 1 atom stereocenters. The summed E-state index contributed by atoms with van der Waals surface area (Å²) in [4.78, 5) is 12.7. The standard InChI is InChI=1S/C19H21NO/c1-13-7-8-15(11-14(13)2)12-19(21)17-9-10-20-18-6-4-3-5-16(17)18/h3-8,11,17,20H,9-10,12H2,1-2H3. The highest BCUT2D eigenvalue weighted by Crippen LogP contribution is 2.32. The molecular weight excluding hydrogens is 258 g/mol. The van der Waals surface area contributed by atoms with E-state index in [4.69, 9.17) is 0 Å². The first kappa shape index (κ1) is 13.9. The highest BCUT2D eigenvalue weighted by atomic mass is 16.1. The number of fused-ring (bicyclic) bond motifs is 1. The topological polar surface area (TPSA) is 29.1 Å². The summed E-state index contributed by atoms with van der Waals surface area (Å²) in [6.45, 7) is 5.08. The fraction of sp³-hybridized carbons (Fsp3) is 0.316. The number of carbonyl (C=O) groups excluding carboxylic acids is 1. The van der Waals surface area contributed by atoms with Crippen molar-refractivity contribution in [2.24, 2.45) is 0 Å². The van der Waals surface area contributed by atoms with Gasteiger partial charge in [0.05, 0.1) is 0 Å². The van der Waals surface area contributed by atoms with Gasteiger partial charge in [-0.05, 0) is 48.6 Å². The molecule has 2 aromatic rings. The molecule has 0 radical (unpaired) electrons. The van der Waals surface area contributed by atoms with Gasteiger partial charge >= 0.3 is 0 Å². The second-order valence-corrected chi connectivity index (χ2v) is 5.92. The Bertz CT molecular complexity index is 675. The van der Waals surface area contributed by atoms with E-state index in [9.17, 15) is 4.79 Å². The van der Waals surface area contributed by atoms with Gasteiger partial charge in [-0.15, -0.1) is 0 Å². The number of nitrogens with one attached hydrogen (secondary N) is 1. The van der Waals surface area contributed by atoms with Crippen LogP contribution in [0.3, 0.4) is 0 Å². The number of rotatable bonds is 3. The minimum atomic E-state index is 0.0315. The van der Waals surface area contributed by atoms with Gasteiger partial charge < -0.3 is 5.32 Å². The van der Waals surface area contributed by atoms with Gasteiger partial charge in [0.15, 0.2) is 0 Å². The Labute approximate surface area is 126 Å². The SMILES string of the molecule is Cc1ccc(CC(=O)C2CCNc3ccccc32)cc1C. The highest BCUT2D eigenvalue weighted by Gasteiger charge is 2.25. The van der Waals surface area contributed by atoms with Gasteiger partial charge in [0.2, 0.25) is 0 Å². The van der Waals surface area contributed by atoms with Crippen LogP contribution in [-0.4, -0.2) is 12.3 Å². The van der Waals surface area contributed by atoms with Crippen LogP contribution in [0.15, 0.2) is 42.5 Å². The Morgan fingerprint density at radius 3 is 2.76 bits per heavy atom. The van der Waals surface area contributed by atoms with Gasteiger partial charge in [-0.2, -0.15) is 0 Å². The van der Waals surface area contributed by atoms with Crippen LogP contribution in [0.1, 0.15) is 34.6 Å². The molecule has 0 fully saturated rings. The molecule has 108 valence electrons. The molecule has 0 saturated carbocycles. The normalized spacial score (nSPS) is 17.0. The second-order valence-electron chi connectivity index (χ2n) is 5.92. The summed E-state index contributed by atoms with van der Waals surface area (Å²) >= 11 is 0. The first-order valence-corrected chi connectivity index (χ1v) is 7.57. The minimum Gasteiger partial charge on any atom is -0.385 e. The molecule has 0 aromatic heterocycles. The lowest BCUT2D eigenvalue weighted by atomic mass is 9.85. The van der Waals surface area contributed by atoms with Crippen molar-refractivity contribution < 1.29 is 4.79 Å². The zero-order valence-electron chi connectivity index (χ0n) is 12.6. The summed E-state index contributed by atoms with van der Waals surface area (Å²) in [5.41, 5.74) is 5.92. The van der Waals surface area contributed by atoms with Crippen molar-refractivity contribution in [3.05, 3.63) is 64.7 Å². The zero-order chi connectivity index (χ0) is 14.8. The van der Waals surface area contributed by atoms with Crippen molar-refractivity contribution >= 4 is 11.5 Å². The van der Waals surface area contributed by atoms with Gasteiger partial charge in [-0.25, -0.2) is 0 Å².